The minimum absolute atomic E-state index is 0.709. The first-order valence-corrected chi connectivity index (χ1v) is 5.52. The standard InChI is InChI=1S/C12H18ClN/c1-10(2)9-14-8-7-11-5-3-4-6-12(11)13/h3-6,10,14H,7-9H2,1-2H3. The molecule has 0 amide bonds. The lowest BCUT2D eigenvalue weighted by Crippen LogP contribution is -2.22. The molecule has 0 atom stereocenters. The molecular weight excluding hydrogens is 194 g/mol. The van der Waals surface area contributed by atoms with Crippen LogP contribution in [0.25, 0.3) is 0 Å². The van der Waals surface area contributed by atoms with Crippen LogP contribution >= 0.6 is 11.6 Å². The number of halogens is 1. The fraction of sp³-hybridized carbons (Fsp3) is 0.500. The van der Waals surface area contributed by atoms with Crippen molar-refractivity contribution in [2.24, 2.45) is 5.92 Å². The smallest absolute Gasteiger partial charge is 0.0438 e. The van der Waals surface area contributed by atoms with Crippen LogP contribution in [-0.2, 0) is 6.42 Å². The predicted octanol–water partition coefficient (Wildman–Crippen LogP) is 3.13. The van der Waals surface area contributed by atoms with Crippen molar-refractivity contribution in [3.05, 3.63) is 34.9 Å². The molecule has 0 unspecified atom stereocenters. The highest BCUT2D eigenvalue weighted by Gasteiger charge is 1.98. The normalized spacial score (nSPS) is 10.9. The van der Waals surface area contributed by atoms with Crippen LogP contribution in [0.3, 0.4) is 0 Å². The van der Waals surface area contributed by atoms with Gasteiger partial charge in [-0.3, -0.25) is 0 Å². The van der Waals surface area contributed by atoms with Gasteiger partial charge in [-0.15, -0.1) is 0 Å². The molecule has 0 aliphatic carbocycles. The fourth-order valence-electron chi connectivity index (χ4n) is 1.31. The molecule has 0 heterocycles. The zero-order chi connectivity index (χ0) is 10.4. The second-order valence-electron chi connectivity index (χ2n) is 3.94. The summed E-state index contributed by atoms with van der Waals surface area (Å²) in [5.41, 5.74) is 1.23. The highest BCUT2D eigenvalue weighted by molar-refractivity contribution is 6.31. The molecule has 14 heavy (non-hydrogen) atoms. The third-order valence-corrected chi connectivity index (χ3v) is 2.45. The van der Waals surface area contributed by atoms with E-state index in [0.29, 0.717) is 5.92 Å². The summed E-state index contributed by atoms with van der Waals surface area (Å²) < 4.78 is 0. The van der Waals surface area contributed by atoms with Gasteiger partial charge in [0.2, 0.25) is 0 Å². The van der Waals surface area contributed by atoms with Crippen LogP contribution in [-0.4, -0.2) is 13.1 Å². The number of hydrogen-bond acceptors (Lipinski definition) is 1. The summed E-state index contributed by atoms with van der Waals surface area (Å²) in [7, 11) is 0. The van der Waals surface area contributed by atoms with Crippen LogP contribution < -0.4 is 5.32 Å². The molecule has 0 aromatic heterocycles. The van der Waals surface area contributed by atoms with Gasteiger partial charge in [0.15, 0.2) is 0 Å². The molecular formula is C12H18ClN. The molecule has 1 rings (SSSR count). The van der Waals surface area contributed by atoms with Crippen molar-refractivity contribution >= 4 is 11.6 Å². The van der Waals surface area contributed by atoms with E-state index in [1.807, 2.05) is 18.2 Å². The van der Waals surface area contributed by atoms with Crippen molar-refractivity contribution in [2.75, 3.05) is 13.1 Å². The molecule has 1 aromatic rings. The molecule has 0 fully saturated rings. The number of nitrogens with one attached hydrogen (secondary N) is 1. The van der Waals surface area contributed by atoms with Gasteiger partial charge in [0, 0.05) is 5.02 Å². The Morgan fingerprint density at radius 3 is 2.64 bits per heavy atom. The Balaban J connectivity index is 2.28. The van der Waals surface area contributed by atoms with Crippen molar-refractivity contribution in [3.63, 3.8) is 0 Å². The molecule has 2 heteroatoms. The molecule has 78 valence electrons. The molecule has 0 saturated heterocycles. The molecule has 1 N–H and O–H groups in total. The maximum Gasteiger partial charge on any atom is 0.0438 e. The van der Waals surface area contributed by atoms with Crippen molar-refractivity contribution in [1.82, 2.24) is 5.32 Å². The minimum Gasteiger partial charge on any atom is -0.316 e. The van der Waals surface area contributed by atoms with Crippen LogP contribution in [0.1, 0.15) is 19.4 Å². The Bertz CT molecular complexity index is 271. The molecule has 0 spiro atoms. The zero-order valence-corrected chi connectivity index (χ0v) is 9.64. The van der Waals surface area contributed by atoms with E-state index in [-0.39, 0.29) is 0 Å². The second-order valence-corrected chi connectivity index (χ2v) is 4.35. The van der Waals surface area contributed by atoms with Gasteiger partial charge in [0.25, 0.3) is 0 Å². The van der Waals surface area contributed by atoms with Gasteiger partial charge in [0.05, 0.1) is 0 Å². The van der Waals surface area contributed by atoms with Crippen molar-refractivity contribution in [1.29, 1.82) is 0 Å². The van der Waals surface area contributed by atoms with Gasteiger partial charge >= 0.3 is 0 Å². The Labute approximate surface area is 91.5 Å². The molecule has 1 aromatic carbocycles. The first-order valence-electron chi connectivity index (χ1n) is 5.14. The fourth-order valence-corrected chi connectivity index (χ4v) is 1.55. The monoisotopic (exact) mass is 211 g/mol. The van der Waals surface area contributed by atoms with Crippen LogP contribution in [0.2, 0.25) is 5.02 Å². The largest absolute Gasteiger partial charge is 0.316 e. The predicted molar refractivity (Wildman–Crippen MR) is 62.9 cm³/mol. The van der Waals surface area contributed by atoms with Gasteiger partial charge in [-0.1, -0.05) is 43.6 Å². The average Bonchev–Trinajstić information content (AvgIpc) is 2.15. The van der Waals surface area contributed by atoms with E-state index in [9.17, 15) is 0 Å². The Morgan fingerprint density at radius 2 is 2.00 bits per heavy atom. The lowest BCUT2D eigenvalue weighted by molar-refractivity contribution is 0.554. The van der Waals surface area contributed by atoms with Gasteiger partial charge in [-0.25, -0.2) is 0 Å². The quantitative estimate of drug-likeness (QED) is 0.738. The summed E-state index contributed by atoms with van der Waals surface area (Å²) in [5, 5.41) is 4.28. The van der Waals surface area contributed by atoms with Crippen LogP contribution in [0.5, 0.6) is 0 Å². The Morgan fingerprint density at radius 1 is 1.29 bits per heavy atom. The van der Waals surface area contributed by atoms with Crippen molar-refractivity contribution in [3.8, 4) is 0 Å². The Hall–Kier alpha value is -0.530. The molecule has 0 radical (unpaired) electrons. The zero-order valence-electron chi connectivity index (χ0n) is 8.89. The third kappa shape index (κ3) is 4.12. The first-order chi connectivity index (χ1) is 6.70. The highest BCUT2D eigenvalue weighted by atomic mass is 35.5. The van der Waals surface area contributed by atoms with E-state index in [4.69, 9.17) is 11.6 Å². The third-order valence-electron chi connectivity index (χ3n) is 2.08. The molecule has 0 aliphatic rings. The topological polar surface area (TPSA) is 12.0 Å². The number of rotatable bonds is 5. The maximum absolute atomic E-state index is 6.04. The van der Waals surface area contributed by atoms with E-state index >= 15 is 0 Å². The minimum atomic E-state index is 0.709. The van der Waals surface area contributed by atoms with Gasteiger partial charge in [-0.2, -0.15) is 0 Å². The van der Waals surface area contributed by atoms with Crippen LogP contribution in [0, 0.1) is 5.92 Å². The summed E-state index contributed by atoms with van der Waals surface area (Å²) >= 11 is 6.04. The van der Waals surface area contributed by atoms with Crippen LogP contribution in [0.4, 0.5) is 0 Å². The van der Waals surface area contributed by atoms with E-state index in [1.165, 1.54) is 5.56 Å². The van der Waals surface area contributed by atoms with Gasteiger partial charge < -0.3 is 5.32 Å². The lowest BCUT2D eigenvalue weighted by Gasteiger charge is -2.07. The summed E-state index contributed by atoms with van der Waals surface area (Å²) in [5.74, 6) is 0.709. The van der Waals surface area contributed by atoms with Crippen LogP contribution in [0.15, 0.2) is 24.3 Å². The Kier molecular flexibility index (Phi) is 4.99. The van der Waals surface area contributed by atoms with E-state index in [0.717, 1.165) is 24.5 Å². The van der Waals surface area contributed by atoms with E-state index in [1.54, 1.807) is 0 Å². The summed E-state index contributed by atoms with van der Waals surface area (Å²) in [4.78, 5) is 0. The first kappa shape index (κ1) is 11.5. The number of hydrogen-bond donors (Lipinski definition) is 1. The second kappa shape index (κ2) is 6.05. The van der Waals surface area contributed by atoms with Gasteiger partial charge in [-0.05, 0) is 37.1 Å². The molecule has 0 aliphatic heterocycles. The average molecular weight is 212 g/mol. The number of benzene rings is 1. The van der Waals surface area contributed by atoms with Gasteiger partial charge in [0.1, 0.15) is 0 Å². The van der Waals surface area contributed by atoms with Crippen molar-refractivity contribution < 1.29 is 0 Å². The SMILES string of the molecule is CC(C)CNCCc1ccccc1Cl. The molecule has 1 nitrogen and oxygen atoms in total. The molecule has 0 bridgehead atoms. The summed E-state index contributed by atoms with van der Waals surface area (Å²) in [6.45, 7) is 6.50. The molecule has 0 saturated carbocycles. The van der Waals surface area contributed by atoms with E-state index in [2.05, 4.69) is 25.2 Å². The van der Waals surface area contributed by atoms with Crippen molar-refractivity contribution in [2.45, 2.75) is 20.3 Å². The summed E-state index contributed by atoms with van der Waals surface area (Å²) in [6.07, 6.45) is 1.01. The highest BCUT2D eigenvalue weighted by Crippen LogP contribution is 2.14. The maximum atomic E-state index is 6.04. The lowest BCUT2D eigenvalue weighted by atomic mass is 10.1. The van der Waals surface area contributed by atoms with E-state index < -0.39 is 0 Å². The summed E-state index contributed by atoms with van der Waals surface area (Å²) in [6, 6.07) is 8.02.